The molecule has 0 aromatic heterocycles. The smallest absolute Gasteiger partial charge is 0.496 e. The highest BCUT2D eigenvalue weighted by Crippen LogP contribution is 2.65. The molecular formula is C18H22BFO5. The van der Waals surface area contributed by atoms with Crippen LogP contribution in [0.15, 0.2) is 12.1 Å². The number of aromatic carboxylic acids is 1. The van der Waals surface area contributed by atoms with E-state index in [1.807, 2.05) is 0 Å². The second-order valence-electron chi connectivity index (χ2n) is 8.15. The molecule has 3 saturated carbocycles. The van der Waals surface area contributed by atoms with Gasteiger partial charge in [0.25, 0.3) is 0 Å². The van der Waals surface area contributed by atoms with Gasteiger partial charge in [0, 0.05) is 5.46 Å². The molecule has 7 heteroatoms. The maximum absolute atomic E-state index is 14.0. The van der Waals surface area contributed by atoms with Crippen molar-refractivity contribution in [2.75, 3.05) is 7.11 Å². The van der Waals surface area contributed by atoms with Gasteiger partial charge in [-0.25, -0.2) is 9.18 Å². The first-order chi connectivity index (χ1) is 11.7. The number of hydrogen-bond donors (Lipinski definition) is 1. The van der Waals surface area contributed by atoms with E-state index in [0.717, 1.165) is 18.9 Å². The van der Waals surface area contributed by atoms with Crippen LogP contribution in [0.5, 0.6) is 5.75 Å². The summed E-state index contributed by atoms with van der Waals surface area (Å²) in [6.07, 6.45) is 2.00. The molecule has 2 bridgehead atoms. The number of hydrogen-bond acceptors (Lipinski definition) is 4. The molecule has 1 aromatic carbocycles. The molecule has 0 amide bonds. The van der Waals surface area contributed by atoms with Crippen molar-refractivity contribution in [3.63, 3.8) is 0 Å². The summed E-state index contributed by atoms with van der Waals surface area (Å²) in [6, 6.07) is 2.61. The van der Waals surface area contributed by atoms with Gasteiger partial charge in [-0.3, -0.25) is 0 Å². The summed E-state index contributed by atoms with van der Waals surface area (Å²) in [5, 5.41) is 9.32. The Morgan fingerprint density at radius 2 is 2.08 bits per heavy atom. The predicted octanol–water partition coefficient (Wildman–Crippen LogP) is 2.47. The molecule has 0 spiro atoms. The number of carboxylic acids is 1. The van der Waals surface area contributed by atoms with Crippen LogP contribution < -0.4 is 10.2 Å². The second-order valence-corrected chi connectivity index (χ2v) is 8.15. The van der Waals surface area contributed by atoms with Gasteiger partial charge in [-0.1, -0.05) is 19.9 Å². The summed E-state index contributed by atoms with van der Waals surface area (Å²) >= 11 is 0. The van der Waals surface area contributed by atoms with Gasteiger partial charge in [-0.05, 0) is 43.1 Å². The lowest BCUT2D eigenvalue weighted by Gasteiger charge is -2.64. The Labute approximate surface area is 146 Å². The SMILES string of the molecule is COc1c(B2OC3CC4CC(C4(C)C)C3(C)O2)ccc(F)c1C(=O)O. The Hall–Kier alpha value is -1.60. The van der Waals surface area contributed by atoms with E-state index in [4.69, 9.17) is 14.0 Å². The number of benzene rings is 1. The molecule has 4 atom stereocenters. The highest BCUT2D eigenvalue weighted by atomic mass is 19.1. The number of methoxy groups -OCH3 is 1. The van der Waals surface area contributed by atoms with E-state index in [1.54, 1.807) is 0 Å². The molecule has 4 fully saturated rings. The normalized spacial score (nSPS) is 35.1. The van der Waals surface area contributed by atoms with Crippen molar-refractivity contribution >= 4 is 18.6 Å². The van der Waals surface area contributed by atoms with E-state index < -0.39 is 30.1 Å². The van der Waals surface area contributed by atoms with Gasteiger partial charge < -0.3 is 19.2 Å². The first kappa shape index (κ1) is 16.9. The van der Waals surface area contributed by atoms with Crippen LogP contribution in [0.25, 0.3) is 0 Å². The molecule has 1 heterocycles. The summed E-state index contributed by atoms with van der Waals surface area (Å²) in [7, 11) is 0.577. The average Bonchev–Trinajstić information content (AvgIpc) is 2.90. The zero-order chi connectivity index (χ0) is 18.1. The molecule has 5 rings (SSSR count). The van der Waals surface area contributed by atoms with Crippen LogP contribution in [0.3, 0.4) is 0 Å². The van der Waals surface area contributed by atoms with Crippen molar-refractivity contribution in [1.82, 2.24) is 0 Å². The van der Waals surface area contributed by atoms with Crippen LogP contribution >= 0.6 is 0 Å². The maximum atomic E-state index is 14.0. The van der Waals surface area contributed by atoms with Crippen LogP contribution in [0.4, 0.5) is 4.39 Å². The van der Waals surface area contributed by atoms with E-state index in [1.165, 1.54) is 13.2 Å². The first-order valence-corrected chi connectivity index (χ1v) is 8.63. The third-order valence-electron chi connectivity index (χ3n) is 6.76. The molecule has 3 aliphatic carbocycles. The van der Waals surface area contributed by atoms with E-state index in [9.17, 15) is 14.3 Å². The molecule has 1 aliphatic heterocycles. The largest absolute Gasteiger partial charge is 0.498 e. The van der Waals surface area contributed by atoms with Crippen molar-refractivity contribution < 1.29 is 28.3 Å². The van der Waals surface area contributed by atoms with Crippen molar-refractivity contribution in [1.29, 1.82) is 0 Å². The minimum absolute atomic E-state index is 0.0358. The van der Waals surface area contributed by atoms with Gasteiger partial charge in [0.15, 0.2) is 0 Å². The Bertz CT molecular complexity index is 751. The quantitative estimate of drug-likeness (QED) is 0.851. The summed E-state index contributed by atoms with van der Waals surface area (Å²) < 4.78 is 31.6. The number of rotatable bonds is 3. The predicted molar refractivity (Wildman–Crippen MR) is 89.7 cm³/mol. The number of carbonyl (C=O) groups is 1. The standard InChI is InChI=1S/C18H22BFO5/c1-17(2)9-7-12(17)18(3)13(8-9)24-19(25-18)10-5-6-11(20)14(16(21)22)15(10)23-4/h5-6,9,12-13H,7-8H2,1-4H3,(H,21,22). The van der Waals surface area contributed by atoms with Gasteiger partial charge >= 0.3 is 13.1 Å². The summed E-state index contributed by atoms with van der Waals surface area (Å²) in [4.78, 5) is 11.4. The molecule has 0 radical (unpaired) electrons. The van der Waals surface area contributed by atoms with Gasteiger partial charge in [-0.15, -0.1) is 0 Å². The van der Waals surface area contributed by atoms with Crippen LogP contribution in [0, 0.1) is 23.1 Å². The topological polar surface area (TPSA) is 65.0 Å². The fourth-order valence-corrected chi connectivity index (χ4v) is 5.18. The van der Waals surface area contributed by atoms with Crippen LogP contribution in [-0.4, -0.2) is 37.0 Å². The third kappa shape index (κ3) is 2.12. The van der Waals surface area contributed by atoms with E-state index in [-0.39, 0.29) is 17.3 Å². The molecule has 1 N–H and O–H groups in total. The second kappa shape index (κ2) is 5.21. The van der Waals surface area contributed by atoms with Crippen LogP contribution in [0.1, 0.15) is 44.0 Å². The minimum Gasteiger partial charge on any atom is -0.496 e. The van der Waals surface area contributed by atoms with Crippen LogP contribution in [-0.2, 0) is 9.31 Å². The van der Waals surface area contributed by atoms with E-state index in [0.29, 0.717) is 17.3 Å². The highest BCUT2D eigenvalue weighted by molar-refractivity contribution is 6.63. The molecule has 134 valence electrons. The zero-order valence-corrected chi connectivity index (χ0v) is 14.8. The fourth-order valence-electron chi connectivity index (χ4n) is 5.18. The molecule has 4 aliphatic rings. The summed E-state index contributed by atoms with van der Waals surface area (Å²) in [5.41, 5.74) is -0.280. The Morgan fingerprint density at radius 3 is 2.68 bits per heavy atom. The first-order valence-electron chi connectivity index (χ1n) is 8.63. The molecular weight excluding hydrogens is 326 g/mol. The lowest BCUT2D eigenvalue weighted by atomic mass is 9.43. The van der Waals surface area contributed by atoms with Gasteiger partial charge in [0.1, 0.15) is 17.1 Å². The number of carboxylic acid groups (broad SMARTS) is 1. The van der Waals surface area contributed by atoms with Gasteiger partial charge in [0.2, 0.25) is 0 Å². The zero-order valence-electron chi connectivity index (χ0n) is 14.8. The van der Waals surface area contributed by atoms with E-state index in [2.05, 4.69) is 20.8 Å². The fraction of sp³-hybridized carbons (Fsp3) is 0.611. The lowest BCUT2D eigenvalue weighted by molar-refractivity contribution is -0.199. The Morgan fingerprint density at radius 1 is 1.36 bits per heavy atom. The highest BCUT2D eigenvalue weighted by Gasteiger charge is 2.68. The molecule has 1 saturated heterocycles. The van der Waals surface area contributed by atoms with Gasteiger partial charge in [-0.2, -0.15) is 0 Å². The summed E-state index contributed by atoms with van der Waals surface area (Å²) in [5.74, 6) is -1.24. The number of ether oxygens (including phenoxy) is 1. The van der Waals surface area contributed by atoms with Crippen molar-refractivity contribution in [2.45, 2.75) is 45.3 Å². The van der Waals surface area contributed by atoms with Crippen molar-refractivity contribution in [3.05, 3.63) is 23.5 Å². The average molecular weight is 348 g/mol. The van der Waals surface area contributed by atoms with Crippen LogP contribution in [0.2, 0.25) is 0 Å². The molecule has 5 nitrogen and oxygen atoms in total. The Balaban J connectivity index is 1.72. The van der Waals surface area contributed by atoms with Crippen molar-refractivity contribution in [2.24, 2.45) is 17.3 Å². The monoisotopic (exact) mass is 348 g/mol. The third-order valence-corrected chi connectivity index (χ3v) is 6.76. The molecule has 25 heavy (non-hydrogen) atoms. The molecule has 4 unspecified atom stereocenters. The van der Waals surface area contributed by atoms with Crippen molar-refractivity contribution in [3.8, 4) is 5.75 Å². The number of halogens is 1. The Kier molecular flexibility index (Phi) is 3.51. The minimum atomic E-state index is -1.37. The maximum Gasteiger partial charge on any atom is 0.498 e. The van der Waals surface area contributed by atoms with Gasteiger partial charge in [0.05, 0.1) is 18.8 Å². The molecule has 1 aromatic rings. The lowest BCUT2D eigenvalue weighted by Crippen LogP contribution is -2.65. The summed E-state index contributed by atoms with van der Waals surface area (Å²) in [6.45, 7) is 6.61. The van der Waals surface area contributed by atoms with E-state index >= 15 is 0 Å².